The summed E-state index contributed by atoms with van der Waals surface area (Å²) in [5.41, 5.74) is 8.63. The largest absolute Gasteiger partial charge is 0.355 e. The molecule has 5 nitrogen and oxygen atoms in total. The van der Waals surface area contributed by atoms with Gasteiger partial charge in [0.1, 0.15) is 0 Å². The molecule has 2 aromatic carbocycles. The van der Waals surface area contributed by atoms with E-state index in [4.69, 9.17) is 0 Å². The lowest BCUT2D eigenvalue weighted by Gasteiger charge is -2.28. The van der Waals surface area contributed by atoms with Crippen LogP contribution in [-0.2, 0) is 23.0 Å². The second-order valence-corrected chi connectivity index (χ2v) is 9.65. The fourth-order valence-corrected chi connectivity index (χ4v) is 4.54. The first-order valence-electron chi connectivity index (χ1n) is 9.68. The van der Waals surface area contributed by atoms with Crippen LogP contribution in [0, 0.1) is 13.8 Å². The van der Waals surface area contributed by atoms with Gasteiger partial charge in [0.05, 0.1) is 11.9 Å². The molecule has 0 saturated heterocycles. The summed E-state index contributed by atoms with van der Waals surface area (Å²) in [6, 6.07) is 16.4. The van der Waals surface area contributed by atoms with Gasteiger partial charge in [-0.15, -0.1) is 0 Å². The normalized spacial score (nSPS) is 14.4. The number of hydrogen-bond acceptors (Lipinski definition) is 4. The van der Waals surface area contributed by atoms with Gasteiger partial charge in [-0.1, -0.05) is 24.3 Å². The number of sulfonamides is 1. The predicted molar refractivity (Wildman–Crippen MR) is 118 cm³/mol. The summed E-state index contributed by atoms with van der Waals surface area (Å²) in [5, 5.41) is 3.54. The first-order valence-corrected chi connectivity index (χ1v) is 11.5. The molecule has 1 aromatic heterocycles. The van der Waals surface area contributed by atoms with Crippen LogP contribution in [0.3, 0.4) is 0 Å². The van der Waals surface area contributed by atoms with Crippen LogP contribution in [0.4, 0.5) is 11.4 Å². The highest BCUT2D eigenvalue weighted by molar-refractivity contribution is 7.88. The van der Waals surface area contributed by atoms with E-state index in [9.17, 15) is 8.42 Å². The van der Waals surface area contributed by atoms with Crippen LogP contribution in [0.25, 0.3) is 11.3 Å². The molecule has 0 bridgehead atoms. The maximum absolute atomic E-state index is 11.9. The Kier molecular flexibility index (Phi) is 5.15. The van der Waals surface area contributed by atoms with Gasteiger partial charge < -0.3 is 5.32 Å². The van der Waals surface area contributed by atoms with Crippen LogP contribution in [-0.4, -0.2) is 30.5 Å². The molecule has 4 rings (SSSR count). The second kappa shape index (κ2) is 7.61. The van der Waals surface area contributed by atoms with Crippen molar-refractivity contribution in [3.63, 3.8) is 0 Å². The number of fused-ring (bicyclic) bond motifs is 1. The molecule has 1 N–H and O–H groups in total. The quantitative estimate of drug-likeness (QED) is 0.695. The molecule has 2 heterocycles. The van der Waals surface area contributed by atoms with Crippen LogP contribution < -0.4 is 5.32 Å². The van der Waals surface area contributed by atoms with Gasteiger partial charge in [0.15, 0.2) is 0 Å². The number of rotatable bonds is 4. The lowest BCUT2D eigenvalue weighted by atomic mass is 9.98. The van der Waals surface area contributed by atoms with Gasteiger partial charge in [-0.2, -0.15) is 4.31 Å². The molecular weight excluding hydrogens is 382 g/mol. The third-order valence-electron chi connectivity index (χ3n) is 5.40. The first-order chi connectivity index (χ1) is 13.8. The van der Waals surface area contributed by atoms with E-state index >= 15 is 0 Å². The van der Waals surface area contributed by atoms with Crippen molar-refractivity contribution in [3.05, 3.63) is 77.0 Å². The first kappa shape index (κ1) is 19.6. The van der Waals surface area contributed by atoms with Crippen molar-refractivity contribution in [3.8, 4) is 11.3 Å². The van der Waals surface area contributed by atoms with Crippen molar-refractivity contribution in [2.24, 2.45) is 0 Å². The Labute approximate surface area is 172 Å². The molecule has 0 saturated carbocycles. The Bertz CT molecular complexity index is 1160. The van der Waals surface area contributed by atoms with Crippen molar-refractivity contribution >= 4 is 21.4 Å². The Hall–Kier alpha value is -2.70. The summed E-state index contributed by atoms with van der Waals surface area (Å²) in [7, 11) is -3.18. The van der Waals surface area contributed by atoms with E-state index in [1.807, 2.05) is 31.3 Å². The van der Waals surface area contributed by atoms with Gasteiger partial charge in [0.2, 0.25) is 10.0 Å². The van der Waals surface area contributed by atoms with Crippen molar-refractivity contribution in [2.75, 3.05) is 18.1 Å². The molecule has 0 spiro atoms. The minimum atomic E-state index is -3.18. The average molecular weight is 408 g/mol. The number of hydrogen-bond donors (Lipinski definition) is 1. The highest BCUT2D eigenvalue weighted by atomic mass is 32.2. The minimum Gasteiger partial charge on any atom is -0.355 e. The lowest BCUT2D eigenvalue weighted by molar-refractivity contribution is 0.395. The van der Waals surface area contributed by atoms with Crippen molar-refractivity contribution in [2.45, 2.75) is 26.8 Å². The van der Waals surface area contributed by atoms with Gasteiger partial charge in [-0.25, -0.2) is 8.42 Å². The van der Waals surface area contributed by atoms with E-state index in [1.54, 1.807) is 0 Å². The molecule has 0 fully saturated rings. The van der Waals surface area contributed by atoms with Crippen LogP contribution in [0.1, 0.15) is 22.3 Å². The van der Waals surface area contributed by atoms with E-state index in [2.05, 4.69) is 47.6 Å². The van der Waals surface area contributed by atoms with Crippen LogP contribution in [0.2, 0.25) is 0 Å². The number of benzene rings is 2. The van der Waals surface area contributed by atoms with Gasteiger partial charge >= 0.3 is 0 Å². The number of nitrogens with one attached hydrogen (secondary N) is 1. The summed E-state index contributed by atoms with van der Waals surface area (Å²) >= 11 is 0. The van der Waals surface area contributed by atoms with Gasteiger partial charge in [-0.05, 0) is 66.8 Å². The van der Waals surface area contributed by atoms with E-state index in [0.717, 1.165) is 33.8 Å². The summed E-state index contributed by atoms with van der Waals surface area (Å²) in [4.78, 5) is 4.57. The molecule has 0 unspecified atom stereocenters. The van der Waals surface area contributed by atoms with Gasteiger partial charge in [0, 0.05) is 36.2 Å². The van der Waals surface area contributed by atoms with Crippen molar-refractivity contribution in [1.82, 2.24) is 9.29 Å². The molecule has 1 aliphatic rings. The third-order valence-corrected chi connectivity index (χ3v) is 6.65. The lowest BCUT2D eigenvalue weighted by Crippen LogP contribution is -2.35. The number of aryl methyl sites for hydroxylation is 2. The number of nitrogens with zero attached hydrogens (tertiary/aromatic N) is 2. The zero-order valence-corrected chi connectivity index (χ0v) is 17.8. The zero-order chi connectivity index (χ0) is 20.6. The van der Waals surface area contributed by atoms with Crippen LogP contribution in [0.5, 0.6) is 0 Å². The van der Waals surface area contributed by atoms with E-state index < -0.39 is 10.0 Å². The molecule has 1 aliphatic heterocycles. The maximum atomic E-state index is 11.9. The van der Waals surface area contributed by atoms with Gasteiger partial charge in [-0.3, -0.25) is 4.98 Å². The standard InChI is InChI=1S/C23H25N3O2S/c1-16-7-10-22(24-14-16)21-13-19(9-8-17(21)2)25-23-6-4-5-18-15-26(29(3,27)28)12-11-20(18)23/h4-10,13-14,25H,11-12,15H2,1-3H3. The summed E-state index contributed by atoms with van der Waals surface area (Å²) < 4.78 is 25.3. The van der Waals surface area contributed by atoms with E-state index in [1.165, 1.54) is 21.7 Å². The maximum Gasteiger partial charge on any atom is 0.211 e. The molecule has 0 atom stereocenters. The molecule has 0 aliphatic carbocycles. The molecule has 6 heteroatoms. The Morgan fingerprint density at radius 3 is 2.62 bits per heavy atom. The van der Waals surface area contributed by atoms with Crippen LogP contribution >= 0.6 is 0 Å². The molecular formula is C23H25N3O2S. The summed E-state index contributed by atoms with van der Waals surface area (Å²) in [6.45, 7) is 5.06. The Morgan fingerprint density at radius 1 is 1.07 bits per heavy atom. The van der Waals surface area contributed by atoms with Crippen molar-refractivity contribution in [1.29, 1.82) is 0 Å². The predicted octanol–water partition coefficient (Wildman–Crippen LogP) is 4.43. The molecule has 150 valence electrons. The average Bonchev–Trinajstić information content (AvgIpc) is 2.69. The zero-order valence-electron chi connectivity index (χ0n) is 16.9. The number of anilines is 2. The van der Waals surface area contributed by atoms with Gasteiger partial charge in [0.25, 0.3) is 0 Å². The molecule has 29 heavy (non-hydrogen) atoms. The fraction of sp³-hybridized carbons (Fsp3) is 0.261. The summed E-state index contributed by atoms with van der Waals surface area (Å²) in [6.07, 6.45) is 3.85. The third kappa shape index (κ3) is 4.18. The highest BCUT2D eigenvalue weighted by Gasteiger charge is 2.24. The highest BCUT2D eigenvalue weighted by Crippen LogP contribution is 2.31. The molecule has 0 amide bonds. The molecule has 3 aromatic rings. The topological polar surface area (TPSA) is 62.3 Å². The Balaban J connectivity index is 1.64. The SMILES string of the molecule is Cc1ccc(-c2cc(Nc3cccc4c3CCN(S(C)(=O)=O)C4)ccc2C)nc1. The Morgan fingerprint density at radius 2 is 1.90 bits per heavy atom. The monoisotopic (exact) mass is 407 g/mol. The van der Waals surface area contributed by atoms with E-state index in [0.29, 0.717) is 19.5 Å². The van der Waals surface area contributed by atoms with Crippen LogP contribution in [0.15, 0.2) is 54.7 Å². The minimum absolute atomic E-state index is 0.427. The smallest absolute Gasteiger partial charge is 0.211 e. The fourth-order valence-electron chi connectivity index (χ4n) is 3.74. The van der Waals surface area contributed by atoms with Crippen molar-refractivity contribution < 1.29 is 8.42 Å². The summed E-state index contributed by atoms with van der Waals surface area (Å²) in [5.74, 6) is 0. The number of aromatic nitrogens is 1. The van der Waals surface area contributed by atoms with E-state index in [-0.39, 0.29) is 0 Å². The second-order valence-electron chi connectivity index (χ2n) is 7.67. The molecule has 0 radical (unpaired) electrons. The number of pyridine rings is 1.